The Labute approximate surface area is 189 Å². The van der Waals surface area contributed by atoms with Crippen molar-refractivity contribution < 1.29 is 9.59 Å². The van der Waals surface area contributed by atoms with E-state index in [-0.39, 0.29) is 23.2 Å². The van der Waals surface area contributed by atoms with Gasteiger partial charge in [-0.05, 0) is 37.1 Å². The van der Waals surface area contributed by atoms with E-state index in [0.717, 1.165) is 30.2 Å². The van der Waals surface area contributed by atoms with E-state index in [1.807, 2.05) is 24.3 Å². The fourth-order valence-electron chi connectivity index (χ4n) is 3.91. The van der Waals surface area contributed by atoms with E-state index in [0.29, 0.717) is 22.5 Å². The number of fused-ring (bicyclic) bond motifs is 1. The number of carbonyl (C=O) groups is 2. The lowest BCUT2D eigenvalue weighted by atomic mass is 9.95. The van der Waals surface area contributed by atoms with Gasteiger partial charge < -0.3 is 10.6 Å². The fraction of sp³-hybridized carbons (Fsp3) is 0.250. The average molecular weight is 477 g/mol. The minimum absolute atomic E-state index is 0.0362. The molecule has 0 radical (unpaired) electrons. The highest BCUT2D eigenvalue weighted by atomic mass is 79.9. The Bertz CT molecular complexity index is 1120. The standard InChI is InChI=1S/C24H21BrN4O2/c25-16-12-10-15(11-13-16)23(30)29-22-19-9-5-4-8-18(19)21(28-22)20(14-26)24(31)27-17-6-2-1-3-7-17/h4-5,8-13,17H,1-3,6-7H2,(H,27,31)(H,28,29,30)/b21-20-. The number of carbonyl (C=O) groups excluding carboxylic acids is 2. The normalized spacial score (nSPS) is 17.2. The molecule has 156 valence electrons. The summed E-state index contributed by atoms with van der Waals surface area (Å²) >= 11 is 3.35. The van der Waals surface area contributed by atoms with Gasteiger partial charge in [0, 0.05) is 27.2 Å². The van der Waals surface area contributed by atoms with Gasteiger partial charge in [-0.15, -0.1) is 0 Å². The van der Waals surface area contributed by atoms with Crippen LogP contribution in [0.5, 0.6) is 0 Å². The van der Waals surface area contributed by atoms with Crippen molar-refractivity contribution in [2.45, 2.75) is 38.1 Å². The highest BCUT2D eigenvalue weighted by molar-refractivity contribution is 9.10. The molecule has 0 aromatic heterocycles. The summed E-state index contributed by atoms with van der Waals surface area (Å²) in [6.07, 6.45) is 5.19. The molecule has 0 atom stereocenters. The largest absolute Gasteiger partial charge is 0.349 e. The van der Waals surface area contributed by atoms with Crippen molar-refractivity contribution in [2.75, 3.05) is 0 Å². The summed E-state index contributed by atoms with van der Waals surface area (Å²) in [4.78, 5) is 30.1. The monoisotopic (exact) mass is 476 g/mol. The van der Waals surface area contributed by atoms with Crippen LogP contribution in [0.3, 0.4) is 0 Å². The average Bonchev–Trinajstić information content (AvgIpc) is 3.13. The SMILES string of the molecule is N#C/C(C(=O)NC1CCCCC1)=C1/N=C(NC(=O)c2ccc(Br)cc2)c2ccccc21. The topological polar surface area (TPSA) is 94.3 Å². The van der Waals surface area contributed by atoms with Gasteiger partial charge in [0.15, 0.2) is 0 Å². The van der Waals surface area contributed by atoms with E-state index >= 15 is 0 Å². The smallest absolute Gasteiger partial charge is 0.264 e. The van der Waals surface area contributed by atoms with Crippen LogP contribution < -0.4 is 10.6 Å². The first kappa shape index (κ1) is 21.0. The Balaban J connectivity index is 1.64. The summed E-state index contributed by atoms with van der Waals surface area (Å²) < 4.78 is 0.875. The van der Waals surface area contributed by atoms with Crippen LogP contribution in [0.25, 0.3) is 5.70 Å². The Kier molecular flexibility index (Phi) is 6.28. The molecule has 1 aliphatic heterocycles. The molecule has 0 saturated heterocycles. The molecule has 1 fully saturated rings. The molecular weight excluding hydrogens is 456 g/mol. The molecule has 0 spiro atoms. The van der Waals surface area contributed by atoms with Gasteiger partial charge in [-0.25, -0.2) is 4.99 Å². The van der Waals surface area contributed by atoms with Crippen LogP contribution in [0.15, 0.2) is 63.6 Å². The quantitative estimate of drug-likeness (QED) is 0.509. The van der Waals surface area contributed by atoms with Crippen molar-refractivity contribution in [2.24, 2.45) is 4.99 Å². The van der Waals surface area contributed by atoms with Crippen LogP contribution in [-0.2, 0) is 4.79 Å². The van der Waals surface area contributed by atoms with Crippen molar-refractivity contribution in [3.05, 3.63) is 75.3 Å². The first-order valence-corrected chi connectivity index (χ1v) is 11.1. The molecular formula is C24H21BrN4O2. The van der Waals surface area contributed by atoms with Gasteiger partial charge in [0.25, 0.3) is 11.8 Å². The summed E-state index contributed by atoms with van der Waals surface area (Å²) in [5.74, 6) is -0.396. The Hall–Kier alpha value is -3.24. The van der Waals surface area contributed by atoms with Gasteiger partial charge >= 0.3 is 0 Å². The molecule has 2 aliphatic rings. The zero-order chi connectivity index (χ0) is 21.8. The second kappa shape index (κ2) is 9.27. The van der Waals surface area contributed by atoms with E-state index in [1.54, 1.807) is 30.3 Å². The zero-order valence-electron chi connectivity index (χ0n) is 16.8. The van der Waals surface area contributed by atoms with Crippen LogP contribution in [-0.4, -0.2) is 23.7 Å². The fourth-order valence-corrected chi connectivity index (χ4v) is 4.18. The maximum Gasteiger partial charge on any atom is 0.264 e. The Morgan fingerprint density at radius 1 is 1.00 bits per heavy atom. The molecule has 2 aromatic carbocycles. The van der Waals surface area contributed by atoms with Gasteiger partial charge in [-0.1, -0.05) is 59.5 Å². The molecule has 6 nitrogen and oxygen atoms in total. The van der Waals surface area contributed by atoms with Crippen molar-refractivity contribution >= 4 is 39.3 Å². The highest BCUT2D eigenvalue weighted by Gasteiger charge is 2.28. The Morgan fingerprint density at radius 3 is 2.35 bits per heavy atom. The highest BCUT2D eigenvalue weighted by Crippen LogP contribution is 2.31. The number of nitrogens with zero attached hydrogens (tertiary/aromatic N) is 2. The van der Waals surface area contributed by atoms with Crippen LogP contribution in [0.4, 0.5) is 0 Å². The number of amidine groups is 1. The number of aliphatic imine (C=N–C) groups is 1. The van der Waals surface area contributed by atoms with Gasteiger partial charge in [0.05, 0.1) is 5.70 Å². The molecule has 7 heteroatoms. The van der Waals surface area contributed by atoms with Crippen molar-refractivity contribution in [1.82, 2.24) is 10.6 Å². The zero-order valence-corrected chi connectivity index (χ0v) is 18.4. The molecule has 0 bridgehead atoms. The molecule has 2 N–H and O–H groups in total. The van der Waals surface area contributed by atoms with Crippen LogP contribution in [0.1, 0.15) is 53.6 Å². The third kappa shape index (κ3) is 4.59. The molecule has 2 amide bonds. The molecule has 4 rings (SSSR count). The molecule has 1 heterocycles. The molecule has 0 unspecified atom stereocenters. The van der Waals surface area contributed by atoms with Crippen molar-refractivity contribution in [1.29, 1.82) is 5.26 Å². The number of hydrogen-bond donors (Lipinski definition) is 2. The summed E-state index contributed by atoms with van der Waals surface area (Å²) in [6, 6.07) is 16.4. The van der Waals surface area contributed by atoms with E-state index in [1.165, 1.54) is 6.42 Å². The maximum absolute atomic E-state index is 12.9. The summed E-state index contributed by atoms with van der Waals surface area (Å²) in [6.45, 7) is 0. The minimum atomic E-state index is -0.413. The first-order chi connectivity index (χ1) is 15.1. The number of amides is 2. The van der Waals surface area contributed by atoms with Gasteiger partial charge in [-0.2, -0.15) is 5.26 Å². The predicted molar refractivity (Wildman–Crippen MR) is 122 cm³/mol. The van der Waals surface area contributed by atoms with E-state index in [2.05, 4.69) is 31.6 Å². The number of benzene rings is 2. The lowest BCUT2D eigenvalue weighted by Gasteiger charge is -2.22. The van der Waals surface area contributed by atoms with Crippen LogP contribution in [0.2, 0.25) is 0 Å². The number of nitrogens with one attached hydrogen (secondary N) is 2. The summed E-state index contributed by atoms with van der Waals surface area (Å²) in [5, 5.41) is 15.6. The summed E-state index contributed by atoms with van der Waals surface area (Å²) in [7, 11) is 0. The minimum Gasteiger partial charge on any atom is -0.349 e. The van der Waals surface area contributed by atoms with Crippen LogP contribution >= 0.6 is 15.9 Å². The second-order valence-electron chi connectivity index (χ2n) is 7.61. The molecule has 31 heavy (non-hydrogen) atoms. The van der Waals surface area contributed by atoms with Crippen LogP contribution in [0, 0.1) is 11.3 Å². The molecule has 1 saturated carbocycles. The molecule has 1 aliphatic carbocycles. The first-order valence-electron chi connectivity index (χ1n) is 10.3. The number of halogens is 1. The third-order valence-corrected chi connectivity index (χ3v) is 6.04. The predicted octanol–water partition coefficient (Wildman–Crippen LogP) is 4.32. The second-order valence-corrected chi connectivity index (χ2v) is 8.53. The van der Waals surface area contributed by atoms with E-state index < -0.39 is 5.91 Å². The lowest BCUT2D eigenvalue weighted by molar-refractivity contribution is -0.117. The van der Waals surface area contributed by atoms with Gasteiger partial charge in [0.2, 0.25) is 0 Å². The van der Waals surface area contributed by atoms with E-state index in [9.17, 15) is 14.9 Å². The van der Waals surface area contributed by atoms with Gasteiger partial charge in [0.1, 0.15) is 17.5 Å². The summed E-state index contributed by atoms with van der Waals surface area (Å²) in [5.41, 5.74) is 2.07. The van der Waals surface area contributed by atoms with Crippen molar-refractivity contribution in [3.63, 3.8) is 0 Å². The van der Waals surface area contributed by atoms with Gasteiger partial charge in [-0.3, -0.25) is 9.59 Å². The number of hydrogen-bond acceptors (Lipinski definition) is 4. The Morgan fingerprint density at radius 2 is 1.68 bits per heavy atom. The third-order valence-electron chi connectivity index (χ3n) is 5.52. The molecule has 2 aromatic rings. The number of nitriles is 1. The van der Waals surface area contributed by atoms with Crippen molar-refractivity contribution in [3.8, 4) is 6.07 Å². The maximum atomic E-state index is 12.9. The lowest BCUT2D eigenvalue weighted by Crippen LogP contribution is -2.37. The number of rotatable bonds is 3. The van der Waals surface area contributed by atoms with E-state index in [4.69, 9.17) is 0 Å².